The highest BCUT2D eigenvalue weighted by atomic mass is 35.5. The third-order valence-corrected chi connectivity index (χ3v) is 2.08. The van der Waals surface area contributed by atoms with E-state index in [4.69, 9.17) is 21.1 Å². The molecule has 1 aromatic rings. The van der Waals surface area contributed by atoms with E-state index in [-0.39, 0.29) is 12.4 Å². The lowest BCUT2D eigenvalue weighted by molar-refractivity contribution is 0.0577. The van der Waals surface area contributed by atoms with Crippen LogP contribution in [0.3, 0.4) is 0 Å². The molecule has 4 heteroatoms. The lowest BCUT2D eigenvalue weighted by Gasteiger charge is -2.03. The molecule has 0 unspecified atom stereocenters. The second-order valence-corrected chi connectivity index (χ2v) is 3.41. The highest BCUT2D eigenvalue weighted by Crippen LogP contribution is 2.09. The second-order valence-electron chi connectivity index (χ2n) is 2.98. The van der Waals surface area contributed by atoms with Gasteiger partial charge in [-0.25, -0.2) is 0 Å². The molecule has 0 aromatic heterocycles. The number of ketones is 1. The van der Waals surface area contributed by atoms with E-state index in [0.29, 0.717) is 23.8 Å². The van der Waals surface area contributed by atoms with Gasteiger partial charge in [0.05, 0.1) is 13.2 Å². The molecular weight excluding hydrogens is 216 g/mol. The minimum Gasteiger partial charge on any atom is -0.382 e. The lowest BCUT2D eigenvalue weighted by atomic mass is 10.1. The van der Waals surface area contributed by atoms with Crippen molar-refractivity contribution in [3.8, 4) is 0 Å². The summed E-state index contributed by atoms with van der Waals surface area (Å²) >= 11 is 5.70. The number of carbonyl (C=O) groups excluding carboxylic acids is 1. The van der Waals surface area contributed by atoms with Gasteiger partial charge in [0.2, 0.25) is 0 Å². The Morgan fingerprint density at radius 3 is 2.53 bits per heavy atom. The summed E-state index contributed by atoms with van der Waals surface area (Å²) in [4.78, 5) is 11.5. The van der Waals surface area contributed by atoms with Crippen LogP contribution >= 0.6 is 11.6 Å². The van der Waals surface area contributed by atoms with E-state index in [2.05, 4.69) is 0 Å². The van der Waals surface area contributed by atoms with Crippen molar-refractivity contribution in [2.24, 2.45) is 0 Å². The first-order chi connectivity index (χ1) is 7.24. The lowest BCUT2D eigenvalue weighted by Crippen LogP contribution is -2.11. The molecule has 0 aliphatic heterocycles. The summed E-state index contributed by atoms with van der Waals surface area (Å²) < 4.78 is 9.90. The zero-order valence-corrected chi connectivity index (χ0v) is 9.29. The van der Waals surface area contributed by atoms with Crippen molar-refractivity contribution in [1.82, 2.24) is 0 Å². The minimum absolute atomic E-state index is 0.0530. The van der Waals surface area contributed by atoms with Gasteiger partial charge in [0.15, 0.2) is 5.78 Å². The molecule has 0 heterocycles. The Kier molecular flexibility index (Phi) is 5.32. The maximum absolute atomic E-state index is 11.5. The third kappa shape index (κ3) is 4.42. The van der Waals surface area contributed by atoms with Gasteiger partial charge >= 0.3 is 0 Å². The zero-order chi connectivity index (χ0) is 11.1. The Morgan fingerprint density at radius 2 is 1.93 bits per heavy atom. The van der Waals surface area contributed by atoms with E-state index in [1.54, 1.807) is 31.4 Å². The van der Waals surface area contributed by atoms with Crippen LogP contribution in [0, 0.1) is 0 Å². The predicted octanol–water partition coefficient (Wildman–Crippen LogP) is 2.19. The normalized spacial score (nSPS) is 10.3. The number of hydrogen-bond donors (Lipinski definition) is 0. The number of Topliss-reactive ketones (excluding diaryl/α,β-unsaturated/α-hetero) is 1. The first kappa shape index (κ1) is 12.2. The SMILES string of the molecule is COCCOCC(=O)c1ccc(Cl)cc1. The monoisotopic (exact) mass is 228 g/mol. The number of ether oxygens (including phenoxy) is 2. The topological polar surface area (TPSA) is 35.5 Å². The van der Waals surface area contributed by atoms with E-state index >= 15 is 0 Å². The fraction of sp³-hybridized carbons (Fsp3) is 0.364. The van der Waals surface area contributed by atoms with E-state index < -0.39 is 0 Å². The summed E-state index contributed by atoms with van der Waals surface area (Å²) in [5, 5.41) is 0.617. The van der Waals surface area contributed by atoms with E-state index in [1.165, 1.54) is 0 Å². The van der Waals surface area contributed by atoms with Crippen molar-refractivity contribution in [2.45, 2.75) is 0 Å². The Labute approximate surface area is 93.9 Å². The van der Waals surface area contributed by atoms with Gasteiger partial charge in [-0.05, 0) is 24.3 Å². The van der Waals surface area contributed by atoms with Gasteiger partial charge in [-0.1, -0.05) is 11.6 Å². The molecule has 0 saturated carbocycles. The molecule has 1 aromatic carbocycles. The van der Waals surface area contributed by atoms with Gasteiger partial charge in [0.25, 0.3) is 0 Å². The molecule has 3 nitrogen and oxygen atoms in total. The standard InChI is InChI=1S/C11H13ClO3/c1-14-6-7-15-8-11(13)9-2-4-10(12)5-3-9/h2-5H,6-8H2,1H3. The fourth-order valence-electron chi connectivity index (χ4n) is 1.03. The molecule has 0 aliphatic carbocycles. The number of hydrogen-bond acceptors (Lipinski definition) is 3. The summed E-state index contributed by atoms with van der Waals surface area (Å²) in [6.07, 6.45) is 0. The third-order valence-electron chi connectivity index (χ3n) is 1.83. The van der Waals surface area contributed by atoms with Crippen molar-refractivity contribution < 1.29 is 14.3 Å². The quantitative estimate of drug-likeness (QED) is 0.553. The molecule has 82 valence electrons. The van der Waals surface area contributed by atoms with Crippen molar-refractivity contribution in [3.05, 3.63) is 34.9 Å². The van der Waals surface area contributed by atoms with Crippen LogP contribution < -0.4 is 0 Å². The highest BCUT2D eigenvalue weighted by molar-refractivity contribution is 6.30. The summed E-state index contributed by atoms with van der Waals surface area (Å²) in [5.41, 5.74) is 0.608. The Balaban J connectivity index is 2.37. The molecule has 0 spiro atoms. The fourth-order valence-corrected chi connectivity index (χ4v) is 1.15. The molecule has 0 atom stereocenters. The van der Waals surface area contributed by atoms with Crippen molar-refractivity contribution in [3.63, 3.8) is 0 Å². The van der Waals surface area contributed by atoms with Gasteiger partial charge in [-0.3, -0.25) is 4.79 Å². The number of halogens is 1. The van der Waals surface area contributed by atoms with Crippen molar-refractivity contribution in [1.29, 1.82) is 0 Å². The first-order valence-electron chi connectivity index (χ1n) is 4.59. The minimum atomic E-state index is -0.0530. The van der Waals surface area contributed by atoms with Gasteiger partial charge in [0.1, 0.15) is 6.61 Å². The summed E-state index contributed by atoms with van der Waals surface area (Å²) in [6, 6.07) is 6.74. The second kappa shape index (κ2) is 6.56. The molecule has 1 rings (SSSR count). The van der Waals surface area contributed by atoms with E-state index in [1.807, 2.05) is 0 Å². The maximum Gasteiger partial charge on any atom is 0.188 e. The molecule has 0 radical (unpaired) electrons. The van der Waals surface area contributed by atoms with E-state index in [9.17, 15) is 4.79 Å². The Morgan fingerprint density at radius 1 is 1.27 bits per heavy atom. The summed E-state index contributed by atoms with van der Waals surface area (Å²) in [7, 11) is 1.59. The van der Waals surface area contributed by atoms with Gasteiger partial charge in [-0.15, -0.1) is 0 Å². The molecule has 0 fully saturated rings. The number of benzene rings is 1. The zero-order valence-electron chi connectivity index (χ0n) is 8.53. The molecule has 15 heavy (non-hydrogen) atoms. The van der Waals surface area contributed by atoms with Crippen LogP contribution in [0.4, 0.5) is 0 Å². The number of rotatable bonds is 6. The van der Waals surface area contributed by atoms with Crippen LogP contribution in [0.2, 0.25) is 5.02 Å². The van der Waals surface area contributed by atoms with Crippen LogP contribution in [0.1, 0.15) is 10.4 Å². The predicted molar refractivity (Wildman–Crippen MR) is 58.5 cm³/mol. The van der Waals surface area contributed by atoms with Crippen LogP contribution in [0.15, 0.2) is 24.3 Å². The molecule has 0 saturated heterocycles. The molecule has 0 aliphatic rings. The number of carbonyl (C=O) groups is 1. The van der Waals surface area contributed by atoms with Crippen LogP contribution in [0.25, 0.3) is 0 Å². The van der Waals surface area contributed by atoms with Crippen molar-refractivity contribution in [2.75, 3.05) is 26.9 Å². The van der Waals surface area contributed by atoms with Crippen LogP contribution in [0.5, 0.6) is 0 Å². The highest BCUT2D eigenvalue weighted by Gasteiger charge is 2.04. The average Bonchev–Trinajstić information content (AvgIpc) is 2.25. The summed E-state index contributed by atoms with van der Waals surface area (Å²) in [6.45, 7) is 0.995. The molecule has 0 N–H and O–H groups in total. The number of methoxy groups -OCH3 is 1. The first-order valence-corrected chi connectivity index (χ1v) is 4.97. The van der Waals surface area contributed by atoms with Gasteiger partial charge < -0.3 is 9.47 Å². The van der Waals surface area contributed by atoms with Gasteiger partial charge in [0, 0.05) is 17.7 Å². The molecule has 0 bridgehead atoms. The molecular formula is C11H13ClO3. The Bertz CT molecular complexity index is 308. The molecule has 0 amide bonds. The largest absolute Gasteiger partial charge is 0.382 e. The Hall–Kier alpha value is -0.900. The summed E-state index contributed by atoms with van der Waals surface area (Å²) in [5.74, 6) is -0.0530. The maximum atomic E-state index is 11.5. The van der Waals surface area contributed by atoms with Crippen molar-refractivity contribution >= 4 is 17.4 Å². The van der Waals surface area contributed by atoms with Crippen LogP contribution in [-0.4, -0.2) is 32.7 Å². The van der Waals surface area contributed by atoms with Crippen LogP contribution in [-0.2, 0) is 9.47 Å². The van der Waals surface area contributed by atoms with E-state index in [0.717, 1.165) is 0 Å². The van der Waals surface area contributed by atoms with Gasteiger partial charge in [-0.2, -0.15) is 0 Å². The average molecular weight is 229 g/mol. The smallest absolute Gasteiger partial charge is 0.188 e.